The summed E-state index contributed by atoms with van der Waals surface area (Å²) in [6.07, 6.45) is 1.48. The molecule has 2 heteroatoms. The number of aliphatic carboxylic acids is 1. The van der Waals surface area contributed by atoms with Crippen LogP contribution in [0.25, 0.3) is 0 Å². The predicted molar refractivity (Wildman–Crippen MR) is 61.1 cm³/mol. The Balaban J connectivity index is 3.36. The molecule has 15 heavy (non-hydrogen) atoms. The number of rotatable bonds is 3. The second-order valence-corrected chi connectivity index (χ2v) is 4.09. The third-order valence-corrected chi connectivity index (χ3v) is 2.67. The van der Waals surface area contributed by atoms with Gasteiger partial charge < -0.3 is 5.11 Å². The highest BCUT2D eigenvalue weighted by atomic mass is 16.4. The maximum Gasteiger partial charge on any atom is 0.317 e. The van der Waals surface area contributed by atoms with Crippen molar-refractivity contribution in [3.63, 3.8) is 0 Å². The summed E-state index contributed by atoms with van der Waals surface area (Å²) in [6, 6.07) is 5.81. The Hall–Kier alpha value is -1.57. The van der Waals surface area contributed by atoms with Crippen molar-refractivity contribution >= 4 is 5.97 Å². The minimum atomic E-state index is -1.00. The molecule has 0 saturated heterocycles. The molecule has 0 spiro atoms. The van der Waals surface area contributed by atoms with Crippen LogP contribution in [-0.2, 0) is 10.2 Å². The van der Waals surface area contributed by atoms with E-state index in [0.29, 0.717) is 0 Å². The number of carboxylic acid groups (broad SMARTS) is 1. The van der Waals surface area contributed by atoms with Crippen LogP contribution in [0.2, 0.25) is 0 Å². The molecule has 0 fully saturated rings. The van der Waals surface area contributed by atoms with Crippen LogP contribution in [0.15, 0.2) is 30.9 Å². The van der Waals surface area contributed by atoms with Gasteiger partial charge >= 0.3 is 5.97 Å². The largest absolute Gasteiger partial charge is 0.480 e. The number of hydrogen-bond donors (Lipinski definition) is 1. The molecule has 1 aromatic rings. The molecule has 0 aliphatic rings. The highest BCUT2D eigenvalue weighted by molar-refractivity contribution is 5.83. The lowest BCUT2D eigenvalue weighted by molar-refractivity contribution is -0.141. The van der Waals surface area contributed by atoms with Crippen molar-refractivity contribution in [2.75, 3.05) is 0 Å². The van der Waals surface area contributed by atoms with Gasteiger partial charge in [-0.05, 0) is 26.3 Å². The zero-order valence-corrected chi connectivity index (χ0v) is 9.37. The van der Waals surface area contributed by atoms with E-state index < -0.39 is 11.4 Å². The molecule has 2 nitrogen and oxygen atoms in total. The van der Waals surface area contributed by atoms with Gasteiger partial charge in [0.15, 0.2) is 0 Å². The zero-order chi connectivity index (χ0) is 11.6. The second kappa shape index (κ2) is 3.89. The van der Waals surface area contributed by atoms with Gasteiger partial charge in [-0.3, -0.25) is 4.79 Å². The summed E-state index contributed by atoms with van der Waals surface area (Å²) in [4.78, 5) is 11.2. The van der Waals surface area contributed by atoms with Gasteiger partial charge in [-0.1, -0.05) is 35.4 Å². The standard InChI is InChI=1S/C13H16O2/c1-5-13(4,12(14)15)11-7-9(2)6-10(3)8-11/h5-8H,1H2,2-4H3,(H,14,15). The van der Waals surface area contributed by atoms with E-state index in [0.717, 1.165) is 16.7 Å². The lowest BCUT2D eigenvalue weighted by Crippen LogP contribution is -2.29. The fraction of sp³-hybridized carbons (Fsp3) is 0.308. The highest BCUT2D eigenvalue weighted by Crippen LogP contribution is 2.27. The van der Waals surface area contributed by atoms with Crippen LogP contribution in [0, 0.1) is 13.8 Å². The summed E-state index contributed by atoms with van der Waals surface area (Å²) in [6.45, 7) is 9.19. The summed E-state index contributed by atoms with van der Waals surface area (Å²) in [5, 5.41) is 9.20. The van der Waals surface area contributed by atoms with Crippen molar-refractivity contribution in [1.82, 2.24) is 0 Å². The average Bonchev–Trinajstić information content (AvgIpc) is 2.14. The molecule has 0 bridgehead atoms. The minimum Gasteiger partial charge on any atom is -0.480 e. The van der Waals surface area contributed by atoms with Crippen LogP contribution < -0.4 is 0 Å². The number of aryl methyl sites for hydroxylation is 2. The minimum absolute atomic E-state index is 0.780. The Kier molecular flexibility index (Phi) is 2.98. The normalized spacial score (nSPS) is 14.3. The maximum atomic E-state index is 11.2. The Labute approximate surface area is 90.3 Å². The van der Waals surface area contributed by atoms with Crippen molar-refractivity contribution in [3.05, 3.63) is 47.5 Å². The molecular weight excluding hydrogens is 188 g/mol. The van der Waals surface area contributed by atoms with E-state index in [1.807, 2.05) is 32.0 Å². The Bertz CT molecular complexity index is 387. The summed E-state index contributed by atoms with van der Waals surface area (Å²) < 4.78 is 0. The van der Waals surface area contributed by atoms with Crippen molar-refractivity contribution < 1.29 is 9.90 Å². The summed E-state index contributed by atoms with van der Waals surface area (Å²) >= 11 is 0. The molecule has 0 heterocycles. The van der Waals surface area contributed by atoms with E-state index in [1.165, 1.54) is 6.08 Å². The van der Waals surface area contributed by atoms with Gasteiger partial charge in [0.2, 0.25) is 0 Å². The molecule has 1 atom stereocenters. The molecule has 0 radical (unpaired) electrons. The molecule has 1 unspecified atom stereocenters. The number of benzene rings is 1. The predicted octanol–water partition coefficient (Wildman–Crippen LogP) is 2.83. The third-order valence-electron chi connectivity index (χ3n) is 2.67. The number of carbonyl (C=O) groups is 1. The molecule has 0 aromatic heterocycles. The summed E-state index contributed by atoms with van der Waals surface area (Å²) in [5.74, 6) is -0.873. The van der Waals surface area contributed by atoms with Crippen LogP contribution in [-0.4, -0.2) is 11.1 Å². The first-order chi connectivity index (χ1) is 6.90. The Morgan fingerprint density at radius 1 is 1.33 bits per heavy atom. The van der Waals surface area contributed by atoms with Crippen molar-refractivity contribution in [3.8, 4) is 0 Å². The lowest BCUT2D eigenvalue weighted by Gasteiger charge is -2.21. The third kappa shape index (κ3) is 2.09. The molecule has 0 aliphatic heterocycles. The van der Waals surface area contributed by atoms with Crippen molar-refractivity contribution in [1.29, 1.82) is 0 Å². The van der Waals surface area contributed by atoms with E-state index in [-0.39, 0.29) is 0 Å². The first-order valence-electron chi connectivity index (χ1n) is 4.86. The van der Waals surface area contributed by atoms with Gasteiger partial charge in [0.05, 0.1) is 0 Å². The molecule has 1 N–H and O–H groups in total. The van der Waals surface area contributed by atoms with Crippen molar-refractivity contribution in [2.24, 2.45) is 0 Å². The van der Waals surface area contributed by atoms with E-state index >= 15 is 0 Å². The molecule has 1 aromatic carbocycles. The van der Waals surface area contributed by atoms with Gasteiger partial charge in [-0.25, -0.2) is 0 Å². The smallest absolute Gasteiger partial charge is 0.317 e. The monoisotopic (exact) mass is 204 g/mol. The maximum absolute atomic E-state index is 11.2. The van der Waals surface area contributed by atoms with Crippen LogP contribution in [0.5, 0.6) is 0 Å². The number of carboxylic acids is 1. The second-order valence-electron chi connectivity index (χ2n) is 4.09. The SMILES string of the molecule is C=CC(C)(C(=O)O)c1cc(C)cc(C)c1. The Morgan fingerprint density at radius 2 is 1.80 bits per heavy atom. The molecule has 0 saturated carbocycles. The van der Waals surface area contributed by atoms with E-state index in [9.17, 15) is 9.90 Å². The van der Waals surface area contributed by atoms with E-state index in [1.54, 1.807) is 6.92 Å². The van der Waals surface area contributed by atoms with Gasteiger partial charge in [0.25, 0.3) is 0 Å². The highest BCUT2D eigenvalue weighted by Gasteiger charge is 2.31. The topological polar surface area (TPSA) is 37.3 Å². The van der Waals surface area contributed by atoms with Crippen molar-refractivity contribution in [2.45, 2.75) is 26.2 Å². The summed E-state index contributed by atoms with van der Waals surface area (Å²) in [7, 11) is 0. The molecule has 0 amide bonds. The molecule has 0 aliphatic carbocycles. The first-order valence-corrected chi connectivity index (χ1v) is 4.86. The fourth-order valence-corrected chi connectivity index (χ4v) is 1.60. The average molecular weight is 204 g/mol. The lowest BCUT2D eigenvalue weighted by atomic mass is 9.81. The van der Waals surface area contributed by atoms with Gasteiger partial charge in [0.1, 0.15) is 5.41 Å². The fourth-order valence-electron chi connectivity index (χ4n) is 1.60. The number of hydrogen-bond acceptors (Lipinski definition) is 1. The first kappa shape index (κ1) is 11.5. The van der Waals surface area contributed by atoms with E-state index in [4.69, 9.17) is 0 Å². The molecule has 1 rings (SSSR count). The van der Waals surface area contributed by atoms with Gasteiger partial charge in [-0.2, -0.15) is 0 Å². The van der Waals surface area contributed by atoms with Gasteiger partial charge in [-0.15, -0.1) is 6.58 Å². The quantitative estimate of drug-likeness (QED) is 0.769. The summed E-state index contributed by atoms with van der Waals surface area (Å²) in [5.41, 5.74) is 1.91. The van der Waals surface area contributed by atoms with Crippen LogP contribution in [0.1, 0.15) is 23.6 Å². The van der Waals surface area contributed by atoms with Crippen LogP contribution >= 0.6 is 0 Å². The van der Waals surface area contributed by atoms with Gasteiger partial charge in [0, 0.05) is 0 Å². The molecule has 80 valence electrons. The van der Waals surface area contributed by atoms with Crippen LogP contribution in [0.4, 0.5) is 0 Å². The van der Waals surface area contributed by atoms with E-state index in [2.05, 4.69) is 6.58 Å². The van der Waals surface area contributed by atoms with Crippen LogP contribution in [0.3, 0.4) is 0 Å². The Morgan fingerprint density at radius 3 is 2.13 bits per heavy atom. The zero-order valence-electron chi connectivity index (χ0n) is 9.37. The molecular formula is C13H16O2.